The van der Waals surface area contributed by atoms with Gasteiger partial charge in [0.05, 0.1) is 19.8 Å². The summed E-state index contributed by atoms with van der Waals surface area (Å²) in [6, 6.07) is 0. The van der Waals surface area contributed by atoms with Gasteiger partial charge in [0.25, 0.3) is 0 Å². The van der Waals surface area contributed by atoms with Gasteiger partial charge in [0.15, 0.2) is 0 Å². The molecule has 0 radical (unpaired) electrons. The van der Waals surface area contributed by atoms with Gasteiger partial charge < -0.3 is 19.3 Å². The molecule has 6 nitrogen and oxygen atoms in total. The van der Waals surface area contributed by atoms with Gasteiger partial charge in [-0.3, -0.25) is 4.79 Å². The number of unbranched alkanes of at least 4 members (excludes halogenated alkanes) is 14. The van der Waals surface area contributed by atoms with E-state index in [1.807, 2.05) is 0 Å². The fraction of sp³-hybridized carbons (Fsp3) is 0.443. The molecule has 67 heavy (non-hydrogen) atoms. The van der Waals surface area contributed by atoms with E-state index in [1.165, 1.54) is 51.4 Å². The number of aliphatic hydroxyl groups is 1. The second kappa shape index (κ2) is 50.5. The van der Waals surface area contributed by atoms with Gasteiger partial charge in [-0.15, -0.1) is 0 Å². The first kappa shape index (κ1) is 58.8. The topological polar surface area (TPSA) is 82.1 Å². The number of carbonyl (C=O) groups is 2. The van der Waals surface area contributed by atoms with Gasteiger partial charge in [0.1, 0.15) is 12.2 Å². The Morgan fingerprint density at radius 3 is 1.12 bits per heavy atom. The molecule has 6 heteroatoms. The number of rotatable bonds is 26. The summed E-state index contributed by atoms with van der Waals surface area (Å²) in [6.45, 7) is 6.06. The molecule has 0 aromatic rings. The zero-order valence-electron chi connectivity index (χ0n) is 39.2. The van der Waals surface area contributed by atoms with E-state index >= 15 is 0 Å². The average Bonchev–Trinajstić information content (AvgIpc) is 3.33. The van der Waals surface area contributed by atoms with Crippen LogP contribution in [0, 0.1) is 189 Å². The number of ether oxygens (including phenoxy) is 3. The number of esters is 2. The minimum Gasteiger partial charge on any atom is -0.457 e. The SMILES string of the molecule is CC#CC#CC#CC#CC#CC#CC#CC#CC#CC#CC#CC#CC#CC#CC#CC#CC(=O)O[C@H](CCCCCCC)CCOCC(CO)OC(=O)CCCCCCCCCCCCC. The molecule has 336 valence electrons. The van der Waals surface area contributed by atoms with E-state index < -0.39 is 18.2 Å². The molecule has 1 N–H and O–H groups in total. The molecule has 0 heterocycles. The summed E-state index contributed by atoms with van der Waals surface area (Å²) < 4.78 is 16.8. The number of hydrogen-bond acceptors (Lipinski definition) is 6. The van der Waals surface area contributed by atoms with E-state index in [-0.39, 0.29) is 25.8 Å². The molecule has 0 fully saturated rings. The summed E-state index contributed by atoms with van der Waals surface area (Å²) in [7, 11) is 0. The highest BCUT2D eigenvalue weighted by molar-refractivity contribution is 5.89. The Morgan fingerprint density at radius 2 is 0.746 bits per heavy atom. The van der Waals surface area contributed by atoms with Crippen LogP contribution in [-0.4, -0.2) is 49.1 Å². The normalized spacial score (nSPS) is 8.66. The Balaban J connectivity index is 4.74. The molecule has 0 aromatic carbocycles. The van der Waals surface area contributed by atoms with Crippen molar-refractivity contribution in [1.82, 2.24) is 0 Å². The Morgan fingerprint density at radius 1 is 0.403 bits per heavy atom. The molecule has 0 rings (SSSR count). The Labute approximate surface area is 403 Å². The molecule has 0 aromatic heterocycles. The number of aliphatic hydroxyl groups excluding tert-OH is 1. The lowest BCUT2D eigenvalue weighted by molar-refractivity contribution is -0.155. The molecular weight excluding hydrogens is 829 g/mol. The Kier molecular flexibility index (Phi) is 44.3. The largest absolute Gasteiger partial charge is 0.457 e. The van der Waals surface area contributed by atoms with E-state index in [0.717, 1.165) is 51.4 Å². The highest BCUT2D eigenvalue weighted by atomic mass is 16.6. The quantitative estimate of drug-likeness (QED) is 0.0424. The molecule has 0 saturated carbocycles. The van der Waals surface area contributed by atoms with Crippen molar-refractivity contribution < 1.29 is 28.9 Å². The second-order valence-electron chi connectivity index (χ2n) is 13.8. The van der Waals surface area contributed by atoms with Crippen LogP contribution in [0.3, 0.4) is 0 Å². The molecule has 0 aliphatic carbocycles. The van der Waals surface area contributed by atoms with E-state index in [4.69, 9.17) is 14.2 Å². The van der Waals surface area contributed by atoms with Crippen LogP contribution in [0.15, 0.2) is 0 Å². The fourth-order valence-corrected chi connectivity index (χ4v) is 5.17. The van der Waals surface area contributed by atoms with E-state index in [1.54, 1.807) is 6.92 Å². The minimum atomic E-state index is -0.743. The van der Waals surface area contributed by atoms with Crippen LogP contribution < -0.4 is 0 Å². The average molecular weight is 885 g/mol. The summed E-state index contributed by atoms with van der Waals surface area (Å²) in [6.07, 6.45) is 18.8. The van der Waals surface area contributed by atoms with Crippen LogP contribution >= 0.6 is 0 Å². The third-order valence-corrected chi connectivity index (χ3v) is 8.38. The van der Waals surface area contributed by atoms with Crippen molar-refractivity contribution in [3.63, 3.8) is 0 Å². The first-order valence-electron chi connectivity index (χ1n) is 22.6. The van der Waals surface area contributed by atoms with Crippen molar-refractivity contribution in [2.45, 2.75) is 155 Å². The van der Waals surface area contributed by atoms with Crippen molar-refractivity contribution in [3.8, 4) is 189 Å². The molecule has 0 saturated heterocycles. The summed E-state index contributed by atoms with van der Waals surface area (Å²) >= 11 is 0. The fourth-order valence-electron chi connectivity index (χ4n) is 5.17. The van der Waals surface area contributed by atoms with Crippen LogP contribution in [0.1, 0.15) is 143 Å². The summed E-state index contributed by atoms with van der Waals surface area (Å²) in [5, 5.41) is 9.74. The highest BCUT2D eigenvalue weighted by Gasteiger charge is 2.16. The minimum absolute atomic E-state index is 0.0562. The van der Waals surface area contributed by atoms with E-state index in [2.05, 4.69) is 203 Å². The zero-order valence-corrected chi connectivity index (χ0v) is 39.2. The second-order valence-corrected chi connectivity index (χ2v) is 13.8. The van der Waals surface area contributed by atoms with Crippen LogP contribution in [0.4, 0.5) is 0 Å². The van der Waals surface area contributed by atoms with Crippen LogP contribution in [-0.2, 0) is 23.8 Å². The molecule has 0 aliphatic rings. The first-order valence-corrected chi connectivity index (χ1v) is 22.6. The zero-order chi connectivity index (χ0) is 48.6. The molecule has 0 amide bonds. The van der Waals surface area contributed by atoms with Crippen LogP contribution in [0.25, 0.3) is 0 Å². The maximum Gasteiger partial charge on any atom is 0.385 e. The lowest BCUT2D eigenvalue weighted by Crippen LogP contribution is -2.28. The van der Waals surface area contributed by atoms with Gasteiger partial charge in [-0.05, 0) is 121 Å². The van der Waals surface area contributed by atoms with Crippen molar-refractivity contribution in [1.29, 1.82) is 0 Å². The molecular formula is C61H56O6. The Bertz CT molecular complexity index is 2620. The smallest absolute Gasteiger partial charge is 0.385 e. The maximum absolute atomic E-state index is 12.5. The summed E-state index contributed by atoms with van der Waals surface area (Å²) in [5.74, 6) is 79.3. The summed E-state index contributed by atoms with van der Waals surface area (Å²) in [5.41, 5.74) is 0. The van der Waals surface area contributed by atoms with Crippen molar-refractivity contribution in [2.75, 3.05) is 19.8 Å². The van der Waals surface area contributed by atoms with Gasteiger partial charge >= 0.3 is 11.9 Å². The first-order chi connectivity index (χ1) is 33.1. The third kappa shape index (κ3) is 47.1. The predicted octanol–water partition coefficient (Wildman–Crippen LogP) is 7.34. The highest BCUT2D eigenvalue weighted by Crippen LogP contribution is 2.14. The van der Waals surface area contributed by atoms with Crippen molar-refractivity contribution in [3.05, 3.63) is 0 Å². The predicted molar refractivity (Wildman–Crippen MR) is 267 cm³/mol. The maximum atomic E-state index is 12.5. The van der Waals surface area contributed by atoms with Gasteiger partial charge in [0, 0.05) is 102 Å². The molecule has 0 aliphatic heterocycles. The molecule has 2 atom stereocenters. The van der Waals surface area contributed by atoms with E-state index in [9.17, 15) is 14.7 Å². The van der Waals surface area contributed by atoms with Crippen molar-refractivity contribution >= 4 is 11.9 Å². The molecule has 0 spiro atoms. The van der Waals surface area contributed by atoms with Crippen LogP contribution in [0.5, 0.6) is 0 Å². The molecule has 1 unspecified atom stereocenters. The van der Waals surface area contributed by atoms with Gasteiger partial charge in [-0.1, -0.05) is 110 Å². The molecule has 0 bridgehead atoms. The third-order valence-electron chi connectivity index (χ3n) is 8.38. The lowest BCUT2D eigenvalue weighted by atomic mass is 10.1. The van der Waals surface area contributed by atoms with Gasteiger partial charge in [0.2, 0.25) is 0 Å². The van der Waals surface area contributed by atoms with E-state index in [0.29, 0.717) is 19.3 Å². The Hall–Kier alpha value is -8.18. The standard InChI is InChI=1S/C61H56O6/c1-4-7-10-13-15-17-19-20-21-22-23-24-25-26-27-28-29-30-31-32-33-34-35-36-37-38-40-42-43-46-49-52-60(63)66-58(51-48-45-12-9-6-3)54-55-65-57-59(56-62)67-61(64)53-50-47-44-41-39-18-16-14-11-8-5-2/h58-59,62H,5-6,8-9,11-12,14,16,18,39,41,44-45,47-48,50-51,53-57H2,1-3H3/t58-,59?/m1/s1. The lowest BCUT2D eigenvalue weighted by Gasteiger charge is -2.19. The van der Waals surface area contributed by atoms with Crippen molar-refractivity contribution in [2.24, 2.45) is 0 Å². The van der Waals surface area contributed by atoms with Gasteiger partial charge in [-0.25, -0.2) is 4.79 Å². The van der Waals surface area contributed by atoms with Crippen LogP contribution in [0.2, 0.25) is 0 Å². The number of carbonyl (C=O) groups excluding carboxylic acids is 2. The van der Waals surface area contributed by atoms with Gasteiger partial charge in [-0.2, -0.15) is 0 Å². The number of hydrogen-bond donors (Lipinski definition) is 1. The monoisotopic (exact) mass is 884 g/mol. The summed E-state index contributed by atoms with van der Waals surface area (Å²) in [4.78, 5) is 24.8.